The molecule has 0 aliphatic rings. The van der Waals surface area contributed by atoms with Crippen molar-refractivity contribution in [1.82, 2.24) is 10.3 Å². The Morgan fingerprint density at radius 1 is 1.14 bits per heavy atom. The highest BCUT2D eigenvalue weighted by Crippen LogP contribution is 2.23. The van der Waals surface area contributed by atoms with Gasteiger partial charge in [0.15, 0.2) is 0 Å². The summed E-state index contributed by atoms with van der Waals surface area (Å²) >= 11 is 3.11. The standard InChI is InChI=1S/C16H17BrF2N2/c1-2-21-12(9-11-5-7-20-8-6-11)10-13-15(18)4-3-14(17)16(13)19/h3-8,12,21H,2,9-10H2,1H3. The molecule has 2 aromatic rings. The van der Waals surface area contributed by atoms with E-state index < -0.39 is 11.6 Å². The lowest BCUT2D eigenvalue weighted by molar-refractivity contribution is 0.482. The highest BCUT2D eigenvalue weighted by Gasteiger charge is 2.17. The highest BCUT2D eigenvalue weighted by molar-refractivity contribution is 9.10. The molecule has 0 fully saturated rings. The van der Waals surface area contributed by atoms with E-state index in [0.29, 0.717) is 12.8 Å². The minimum Gasteiger partial charge on any atom is -0.314 e. The molecule has 0 aliphatic carbocycles. The number of likely N-dealkylation sites (N-methyl/N-ethyl adjacent to an activating group) is 1. The minimum atomic E-state index is -0.521. The van der Waals surface area contributed by atoms with Crippen molar-refractivity contribution in [3.63, 3.8) is 0 Å². The topological polar surface area (TPSA) is 24.9 Å². The van der Waals surface area contributed by atoms with E-state index in [1.165, 1.54) is 12.1 Å². The second-order valence-corrected chi connectivity index (χ2v) is 5.69. The van der Waals surface area contributed by atoms with Crippen LogP contribution in [-0.4, -0.2) is 17.6 Å². The number of aromatic nitrogens is 1. The van der Waals surface area contributed by atoms with Crippen molar-refractivity contribution in [2.75, 3.05) is 6.54 Å². The van der Waals surface area contributed by atoms with Crippen LogP contribution in [-0.2, 0) is 12.8 Å². The molecule has 1 atom stereocenters. The Balaban J connectivity index is 2.19. The monoisotopic (exact) mass is 354 g/mol. The average Bonchev–Trinajstić information content (AvgIpc) is 2.49. The maximum atomic E-state index is 14.1. The van der Waals surface area contributed by atoms with Crippen LogP contribution in [0.2, 0.25) is 0 Å². The summed E-state index contributed by atoms with van der Waals surface area (Å²) in [5.74, 6) is -1.03. The van der Waals surface area contributed by atoms with Gasteiger partial charge in [-0.1, -0.05) is 6.92 Å². The van der Waals surface area contributed by atoms with Gasteiger partial charge in [0, 0.05) is 24.0 Å². The summed E-state index contributed by atoms with van der Waals surface area (Å²) in [4.78, 5) is 3.98. The smallest absolute Gasteiger partial charge is 0.143 e. The van der Waals surface area contributed by atoms with Gasteiger partial charge in [-0.15, -0.1) is 0 Å². The van der Waals surface area contributed by atoms with Gasteiger partial charge in [-0.05, 0) is 65.1 Å². The molecule has 0 bridgehead atoms. The molecule has 112 valence electrons. The van der Waals surface area contributed by atoms with E-state index >= 15 is 0 Å². The van der Waals surface area contributed by atoms with Crippen LogP contribution in [0.3, 0.4) is 0 Å². The fourth-order valence-electron chi connectivity index (χ4n) is 2.31. The van der Waals surface area contributed by atoms with Crippen LogP contribution < -0.4 is 5.32 Å². The normalized spacial score (nSPS) is 12.4. The van der Waals surface area contributed by atoms with Crippen LogP contribution in [0.25, 0.3) is 0 Å². The lowest BCUT2D eigenvalue weighted by Gasteiger charge is -2.19. The molecular weight excluding hydrogens is 338 g/mol. The van der Waals surface area contributed by atoms with Crippen LogP contribution in [0.5, 0.6) is 0 Å². The van der Waals surface area contributed by atoms with E-state index in [4.69, 9.17) is 0 Å². The van der Waals surface area contributed by atoms with Gasteiger partial charge in [-0.25, -0.2) is 8.78 Å². The number of hydrogen-bond donors (Lipinski definition) is 1. The Morgan fingerprint density at radius 2 is 1.86 bits per heavy atom. The molecule has 2 rings (SSSR count). The summed E-state index contributed by atoms with van der Waals surface area (Å²) < 4.78 is 28.2. The first-order valence-corrected chi connectivity index (χ1v) is 7.65. The van der Waals surface area contributed by atoms with Gasteiger partial charge < -0.3 is 5.32 Å². The van der Waals surface area contributed by atoms with E-state index in [1.54, 1.807) is 12.4 Å². The zero-order valence-corrected chi connectivity index (χ0v) is 13.3. The fraction of sp³-hybridized carbons (Fsp3) is 0.312. The first kappa shape index (κ1) is 16.0. The van der Waals surface area contributed by atoms with Gasteiger partial charge in [0.25, 0.3) is 0 Å². The third-order valence-electron chi connectivity index (χ3n) is 3.31. The molecule has 0 radical (unpaired) electrons. The summed E-state index contributed by atoms with van der Waals surface area (Å²) in [7, 11) is 0. The number of nitrogens with zero attached hydrogens (tertiary/aromatic N) is 1. The van der Waals surface area contributed by atoms with Crippen molar-refractivity contribution in [2.24, 2.45) is 0 Å². The molecule has 1 N–H and O–H groups in total. The molecule has 0 spiro atoms. The minimum absolute atomic E-state index is 0.0318. The fourth-order valence-corrected chi connectivity index (χ4v) is 2.68. The SMILES string of the molecule is CCNC(Cc1ccncc1)Cc1c(F)ccc(Br)c1F. The van der Waals surface area contributed by atoms with Crippen LogP contribution in [0, 0.1) is 11.6 Å². The molecule has 1 heterocycles. The van der Waals surface area contributed by atoms with Crippen molar-refractivity contribution in [2.45, 2.75) is 25.8 Å². The van der Waals surface area contributed by atoms with Gasteiger partial charge in [0.1, 0.15) is 11.6 Å². The van der Waals surface area contributed by atoms with Gasteiger partial charge in [0.2, 0.25) is 0 Å². The molecule has 0 aliphatic heterocycles. The number of rotatable bonds is 6. The van der Waals surface area contributed by atoms with Crippen molar-refractivity contribution in [3.05, 3.63) is 63.9 Å². The second-order valence-electron chi connectivity index (χ2n) is 4.84. The maximum absolute atomic E-state index is 14.1. The van der Waals surface area contributed by atoms with Crippen molar-refractivity contribution in [3.8, 4) is 0 Å². The van der Waals surface area contributed by atoms with Crippen LogP contribution in [0.1, 0.15) is 18.1 Å². The first-order valence-electron chi connectivity index (χ1n) is 6.86. The maximum Gasteiger partial charge on any atom is 0.143 e. The number of nitrogens with one attached hydrogen (secondary N) is 1. The lowest BCUT2D eigenvalue weighted by atomic mass is 9.98. The zero-order valence-electron chi connectivity index (χ0n) is 11.7. The van der Waals surface area contributed by atoms with Crippen molar-refractivity contribution in [1.29, 1.82) is 0 Å². The van der Waals surface area contributed by atoms with E-state index in [9.17, 15) is 8.78 Å². The van der Waals surface area contributed by atoms with Gasteiger partial charge >= 0.3 is 0 Å². The van der Waals surface area contributed by atoms with E-state index in [2.05, 4.69) is 26.2 Å². The Labute approximate surface area is 131 Å². The van der Waals surface area contributed by atoms with E-state index in [-0.39, 0.29) is 16.1 Å². The summed E-state index contributed by atoms with van der Waals surface area (Å²) in [6, 6.07) is 6.48. The molecule has 1 aromatic carbocycles. The second kappa shape index (κ2) is 7.61. The predicted octanol–water partition coefficient (Wildman–Crippen LogP) is 3.89. The average molecular weight is 355 g/mol. The summed E-state index contributed by atoms with van der Waals surface area (Å²) in [6.07, 6.45) is 4.44. The Bertz CT molecular complexity index is 590. The number of benzene rings is 1. The quantitative estimate of drug-likeness (QED) is 0.796. The third-order valence-corrected chi connectivity index (χ3v) is 3.93. The lowest BCUT2D eigenvalue weighted by Crippen LogP contribution is -2.33. The summed E-state index contributed by atoms with van der Waals surface area (Å²) in [5.41, 5.74) is 1.20. The van der Waals surface area contributed by atoms with Crippen molar-refractivity contribution >= 4 is 15.9 Å². The molecule has 5 heteroatoms. The number of halogens is 3. The van der Waals surface area contributed by atoms with Crippen LogP contribution >= 0.6 is 15.9 Å². The van der Waals surface area contributed by atoms with E-state index in [0.717, 1.165) is 12.1 Å². The summed E-state index contributed by atoms with van der Waals surface area (Å²) in [5, 5.41) is 3.28. The molecule has 2 nitrogen and oxygen atoms in total. The highest BCUT2D eigenvalue weighted by atomic mass is 79.9. The Hall–Kier alpha value is -1.33. The molecule has 0 amide bonds. The molecule has 0 saturated heterocycles. The van der Waals surface area contributed by atoms with Crippen LogP contribution in [0.15, 0.2) is 41.1 Å². The number of pyridine rings is 1. The first-order chi connectivity index (χ1) is 10.1. The number of hydrogen-bond acceptors (Lipinski definition) is 2. The molecular formula is C16H17BrF2N2. The Morgan fingerprint density at radius 3 is 2.52 bits per heavy atom. The van der Waals surface area contributed by atoms with Gasteiger partial charge in [0.05, 0.1) is 4.47 Å². The van der Waals surface area contributed by atoms with Gasteiger partial charge in [-0.2, -0.15) is 0 Å². The predicted molar refractivity (Wildman–Crippen MR) is 83.2 cm³/mol. The Kier molecular flexibility index (Phi) is 5.82. The summed E-state index contributed by atoms with van der Waals surface area (Å²) in [6.45, 7) is 2.72. The molecule has 0 saturated carbocycles. The van der Waals surface area contributed by atoms with Crippen molar-refractivity contribution < 1.29 is 8.78 Å². The third kappa shape index (κ3) is 4.32. The largest absolute Gasteiger partial charge is 0.314 e. The molecule has 1 unspecified atom stereocenters. The molecule has 1 aromatic heterocycles. The van der Waals surface area contributed by atoms with E-state index in [1.807, 2.05) is 19.1 Å². The zero-order chi connectivity index (χ0) is 15.2. The molecule has 21 heavy (non-hydrogen) atoms. The van der Waals surface area contributed by atoms with Crippen LogP contribution in [0.4, 0.5) is 8.78 Å². The van der Waals surface area contributed by atoms with Gasteiger partial charge in [-0.3, -0.25) is 4.98 Å².